The number of carbonyl (C=O) groups excluding carboxylic acids is 3. The highest BCUT2D eigenvalue weighted by Gasteiger charge is 2.19. The first-order chi connectivity index (χ1) is 14.8. The molecule has 0 heterocycles. The number of carbonyl (C=O) groups is 3. The molecule has 2 unspecified atom stereocenters. The van der Waals surface area contributed by atoms with Crippen LogP contribution in [0.1, 0.15) is 31.1 Å². The number of hydrazine groups is 1. The van der Waals surface area contributed by atoms with Gasteiger partial charge in [-0.15, -0.1) is 0 Å². The van der Waals surface area contributed by atoms with Gasteiger partial charge in [-0.1, -0.05) is 42.5 Å². The van der Waals surface area contributed by atoms with E-state index in [4.69, 9.17) is 9.47 Å². The Morgan fingerprint density at radius 1 is 0.710 bits per heavy atom. The summed E-state index contributed by atoms with van der Waals surface area (Å²) in [5, 5.41) is 2.07. The summed E-state index contributed by atoms with van der Waals surface area (Å²) in [4.78, 5) is 36.0. The zero-order chi connectivity index (χ0) is 22.4. The molecule has 2 N–H and O–H groups in total. The standard InChI is InChI=1S/C24H24N2O5/c1-15(27)19-9-6-10-21(13-19)30-16(2)23(28)25-26-24(29)17(3)31-22-12-11-18-7-4-5-8-20(18)14-22/h4-14,16-17H,1-3H3,(H,25,28)(H,26,29). The van der Waals surface area contributed by atoms with Crippen LogP contribution in [0.4, 0.5) is 0 Å². The van der Waals surface area contributed by atoms with Crippen LogP contribution in [0.2, 0.25) is 0 Å². The van der Waals surface area contributed by atoms with E-state index in [1.54, 1.807) is 37.3 Å². The smallest absolute Gasteiger partial charge is 0.279 e. The molecule has 0 saturated heterocycles. The molecule has 0 bridgehead atoms. The van der Waals surface area contributed by atoms with Gasteiger partial charge in [0.05, 0.1) is 0 Å². The third-order valence-corrected chi connectivity index (χ3v) is 4.63. The fourth-order valence-corrected chi connectivity index (χ4v) is 2.87. The van der Waals surface area contributed by atoms with Gasteiger partial charge >= 0.3 is 0 Å². The average Bonchev–Trinajstić information content (AvgIpc) is 2.77. The first kappa shape index (κ1) is 21.8. The average molecular weight is 420 g/mol. The van der Waals surface area contributed by atoms with Crippen molar-refractivity contribution in [2.24, 2.45) is 0 Å². The lowest BCUT2D eigenvalue weighted by atomic mass is 10.1. The van der Waals surface area contributed by atoms with Gasteiger partial charge in [0.2, 0.25) is 0 Å². The van der Waals surface area contributed by atoms with Crippen LogP contribution in [0.15, 0.2) is 66.7 Å². The third-order valence-electron chi connectivity index (χ3n) is 4.63. The van der Waals surface area contributed by atoms with Crippen molar-refractivity contribution in [1.29, 1.82) is 0 Å². The molecule has 3 aromatic rings. The zero-order valence-electron chi connectivity index (χ0n) is 17.5. The van der Waals surface area contributed by atoms with Gasteiger partial charge in [0, 0.05) is 5.56 Å². The molecule has 0 aliphatic carbocycles. The molecular formula is C24H24N2O5. The number of fused-ring (bicyclic) bond motifs is 1. The largest absolute Gasteiger partial charge is 0.481 e. The van der Waals surface area contributed by atoms with Crippen molar-refractivity contribution in [3.05, 3.63) is 72.3 Å². The second-order valence-electron chi connectivity index (χ2n) is 7.09. The highest BCUT2D eigenvalue weighted by molar-refractivity contribution is 5.94. The van der Waals surface area contributed by atoms with E-state index in [0.29, 0.717) is 17.1 Å². The number of nitrogens with one attached hydrogen (secondary N) is 2. The summed E-state index contributed by atoms with van der Waals surface area (Å²) in [6.07, 6.45) is -1.72. The van der Waals surface area contributed by atoms with Gasteiger partial charge in [-0.2, -0.15) is 0 Å². The van der Waals surface area contributed by atoms with Crippen molar-refractivity contribution in [3.8, 4) is 11.5 Å². The summed E-state index contributed by atoms with van der Waals surface area (Å²) in [5.41, 5.74) is 5.15. The van der Waals surface area contributed by atoms with Crippen LogP contribution in [-0.2, 0) is 9.59 Å². The molecule has 3 rings (SSSR count). The number of ether oxygens (including phenoxy) is 2. The molecule has 0 saturated carbocycles. The SMILES string of the molecule is CC(=O)c1cccc(OC(C)C(=O)NNC(=O)C(C)Oc2ccc3ccccc3c2)c1. The molecule has 3 aromatic carbocycles. The number of rotatable bonds is 7. The Bertz CT molecular complexity index is 1110. The van der Waals surface area contributed by atoms with Gasteiger partial charge in [-0.3, -0.25) is 25.2 Å². The summed E-state index contributed by atoms with van der Waals surface area (Å²) in [6.45, 7) is 4.58. The van der Waals surface area contributed by atoms with Gasteiger partial charge in [-0.05, 0) is 55.8 Å². The number of hydrogen-bond acceptors (Lipinski definition) is 5. The molecular weight excluding hydrogens is 396 g/mol. The lowest BCUT2D eigenvalue weighted by molar-refractivity contribution is -0.135. The first-order valence-corrected chi connectivity index (χ1v) is 9.86. The zero-order valence-corrected chi connectivity index (χ0v) is 17.5. The number of amides is 2. The molecule has 7 nitrogen and oxygen atoms in total. The molecule has 0 aliphatic heterocycles. The summed E-state index contributed by atoms with van der Waals surface area (Å²) in [7, 11) is 0. The quantitative estimate of drug-likeness (QED) is 0.451. The number of ketones is 1. The van der Waals surface area contributed by atoms with Gasteiger partial charge in [0.15, 0.2) is 18.0 Å². The van der Waals surface area contributed by atoms with Crippen LogP contribution in [0.5, 0.6) is 11.5 Å². The Morgan fingerprint density at radius 3 is 1.90 bits per heavy atom. The van der Waals surface area contributed by atoms with Crippen LogP contribution < -0.4 is 20.3 Å². The molecule has 0 spiro atoms. The minimum absolute atomic E-state index is 0.102. The van der Waals surface area contributed by atoms with Gasteiger partial charge < -0.3 is 9.47 Å². The predicted molar refractivity (Wildman–Crippen MR) is 117 cm³/mol. The highest BCUT2D eigenvalue weighted by atomic mass is 16.5. The van der Waals surface area contributed by atoms with E-state index in [0.717, 1.165) is 10.8 Å². The van der Waals surface area contributed by atoms with E-state index in [-0.39, 0.29) is 5.78 Å². The molecule has 2 atom stereocenters. The summed E-state index contributed by atoms with van der Waals surface area (Å²) >= 11 is 0. The molecule has 31 heavy (non-hydrogen) atoms. The lowest BCUT2D eigenvalue weighted by Crippen LogP contribution is -2.50. The van der Waals surface area contributed by atoms with Crippen LogP contribution in [0.25, 0.3) is 10.8 Å². The molecule has 0 radical (unpaired) electrons. The van der Waals surface area contributed by atoms with Gasteiger partial charge in [-0.25, -0.2) is 0 Å². The van der Waals surface area contributed by atoms with E-state index in [1.807, 2.05) is 36.4 Å². The van der Waals surface area contributed by atoms with Crippen molar-refractivity contribution < 1.29 is 23.9 Å². The molecule has 0 aliphatic rings. The maximum atomic E-state index is 12.3. The summed E-state index contributed by atoms with van der Waals surface area (Å²) in [5.74, 6) is -0.216. The van der Waals surface area contributed by atoms with E-state index in [1.165, 1.54) is 13.8 Å². The Morgan fingerprint density at radius 2 is 1.29 bits per heavy atom. The highest BCUT2D eigenvalue weighted by Crippen LogP contribution is 2.21. The van der Waals surface area contributed by atoms with Gasteiger partial charge in [0.1, 0.15) is 11.5 Å². The number of benzene rings is 3. The van der Waals surface area contributed by atoms with Crippen LogP contribution in [0, 0.1) is 0 Å². The Hall–Kier alpha value is -3.87. The van der Waals surface area contributed by atoms with E-state index in [9.17, 15) is 14.4 Å². The van der Waals surface area contributed by atoms with Crippen molar-refractivity contribution >= 4 is 28.4 Å². The Balaban J connectivity index is 1.51. The number of Topliss-reactive ketones (excluding diaryl/α,β-unsaturated/α-hetero) is 1. The second kappa shape index (κ2) is 9.75. The van der Waals surface area contributed by atoms with Crippen LogP contribution >= 0.6 is 0 Å². The fourth-order valence-electron chi connectivity index (χ4n) is 2.87. The van der Waals surface area contributed by atoms with E-state index in [2.05, 4.69) is 10.9 Å². The maximum absolute atomic E-state index is 12.3. The topological polar surface area (TPSA) is 93.7 Å². The Kier molecular flexibility index (Phi) is 6.87. The minimum atomic E-state index is -0.890. The van der Waals surface area contributed by atoms with Crippen LogP contribution in [0.3, 0.4) is 0 Å². The maximum Gasteiger partial charge on any atom is 0.279 e. The van der Waals surface area contributed by atoms with E-state index < -0.39 is 24.0 Å². The summed E-state index contributed by atoms with van der Waals surface area (Å²) < 4.78 is 11.2. The van der Waals surface area contributed by atoms with Crippen molar-refractivity contribution in [2.45, 2.75) is 33.0 Å². The van der Waals surface area contributed by atoms with Crippen molar-refractivity contribution in [2.75, 3.05) is 0 Å². The van der Waals surface area contributed by atoms with Crippen LogP contribution in [-0.4, -0.2) is 29.8 Å². The van der Waals surface area contributed by atoms with Crippen molar-refractivity contribution in [1.82, 2.24) is 10.9 Å². The minimum Gasteiger partial charge on any atom is -0.481 e. The molecule has 0 fully saturated rings. The van der Waals surface area contributed by atoms with Crippen molar-refractivity contribution in [3.63, 3.8) is 0 Å². The Labute approximate surface area is 180 Å². The van der Waals surface area contributed by atoms with E-state index >= 15 is 0 Å². The predicted octanol–water partition coefficient (Wildman–Crippen LogP) is 3.42. The third kappa shape index (κ3) is 5.82. The normalized spacial score (nSPS) is 12.5. The second-order valence-corrected chi connectivity index (χ2v) is 7.09. The monoisotopic (exact) mass is 420 g/mol. The number of hydrogen-bond donors (Lipinski definition) is 2. The fraction of sp³-hybridized carbons (Fsp3) is 0.208. The molecule has 2 amide bonds. The van der Waals surface area contributed by atoms with Gasteiger partial charge in [0.25, 0.3) is 11.8 Å². The summed E-state index contributed by atoms with van der Waals surface area (Å²) in [6, 6.07) is 19.9. The lowest BCUT2D eigenvalue weighted by Gasteiger charge is -2.18. The molecule has 160 valence electrons. The molecule has 0 aromatic heterocycles. The first-order valence-electron chi connectivity index (χ1n) is 9.86. The molecule has 7 heteroatoms.